The monoisotopic (exact) mass is 313 g/mol. The maximum atomic E-state index is 11.1. The maximum absolute atomic E-state index is 11.1. The van der Waals surface area contributed by atoms with Crippen LogP contribution in [-0.2, 0) is 0 Å². The van der Waals surface area contributed by atoms with Gasteiger partial charge in [0.1, 0.15) is 5.82 Å². The molecule has 0 saturated heterocycles. The zero-order valence-electron chi connectivity index (χ0n) is 13.0. The third kappa shape index (κ3) is 5.17. The minimum Gasteiger partial charge on any atom is -0.478 e. The topological polar surface area (TPSA) is 56.7 Å². The molecule has 1 aromatic heterocycles. The summed E-state index contributed by atoms with van der Waals surface area (Å²) in [7, 11) is 0. The molecule has 0 bridgehead atoms. The Hall–Kier alpha value is -1.33. The third-order valence-electron chi connectivity index (χ3n) is 3.57. The predicted octanol–water partition coefficient (Wildman–Crippen LogP) is 2.99. The van der Waals surface area contributed by atoms with Crippen LogP contribution in [0.3, 0.4) is 0 Å². The van der Waals surface area contributed by atoms with Crippen LogP contribution in [0.4, 0.5) is 5.82 Å². The van der Waals surface area contributed by atoms with Gasteiger partial charge in [0.2, 0.25) is 0 Å². The molecule has 5 nitrogen and oxygen atoms in total. The van der Waals surface area contributed by atoms with Crippen molar-refractivity contribution < 1.29 is 9.90 Å². The highest BCUT2D eigenvalue weighted by atomic mass is 35.5. The number of carbonyl (C=O) groups is 1. The van der Waals surface area contributed by atoms with Crippen molar-refractivity contribution in [3.05, 3.63) is 22.8 Å². The van der Waals surface area contributed by atoms with Crippen molar-refractivity contribution in [2.75, 3.05) is 37.6 Å². The molecule has 21 heavy (non-hydrogen) atoms. The number of pyridine rings is 1. The van der Waals surface area contributed by atoms with Crippen LogP contribution in [0.2, 0.25) is 5.02 Å². The molecule has 1 aromatic rings. The molecule has 1 heterocycles. The Morgan fingerprint density at radius 2 is 1.90 bits per heavy atom. The quantitative estimate of drug-likeness (QED) is 0.759. The number of aromatic nitrogens is 1. The van der Waals surface area contributed by atoms with E-state index in [0.29, 0.717) is 5.82 Å². The van der Waals surface area contributed by atoms with Gasteiger partial charge in [-0.15, -0.1) is 0 Å². The average molecular weight is 314 g/mol. The lowest BCUT2D eigenvalue weighted by atomic mass is 10.2. The lowest BCUT2D eigenvalue weighted by molar-refractivity contribution is 0.0697. The first-order valence-electron chi connectivity index (χ1n) is 7.39. The molecule has 0 amide bonds. The molecular formula is C15H24ClN3O2. The first-order valence-corrected chi connectivity index (χ1v) is 7.77. The second kappa shape index (κ2) is 8.85. The summed E-state index contributed by atoms with van der Waals surface area (Å²) in [4.78, 5) is 19.8. The van der Waals surface area contributed by atoms with E-state index in [-0.39, 0.29) is 10.6 Å². The standard InChI is InChI=1S/C15H24ClN3O2/c1-4-18(5-2)8-7-9-19(6-3)14-10-12(15(20)21)13(16)11-17-14/h10-11H,4-9H2,1-3H3,(H,20,21). The molecule has 6 heteroatoms. The summed E-state index contributed by atoms with van der Waals surface area (Å²) in [5.74, 6) is -0.360. The van der Waals surface area contributed by atoms with Gasteiger partial charge in [0.25, 0.3) is 0 Å². The highest BCUT2D eigenvalue weighted by Gasteiger charge is 2.14. The van der Waals surface area contributed by atoms with Crippen molar-refractivity contribution in [3.8, 4) is 0 Å². The Balaban J connectivity index is 2.72. The number of hydrogen-bond donors (Lipinski definition) is 1. The van der Waals surface area contributed by atoms with Gasteiger partial charge in [-0.2, -0.15) is 0 Å². The van der Waals surface area contributed by atoms with Crippen LogP contribution < -0.4 is 4.90 Å². The van der Waals surface area contributed by atoms with Crippen molar-refractivity contribution in [1.82, 2.24) is 9.88 Å². The van der Waals surface area contributed by atoms with Gasteiger partial charge < -0.3 is 14.9 Å². The average Bonchev–Trinajstić information content (AvgIpc) is 2.48. The van der Waals surface area contributed by atoms with Crippen LogP contribution in [0.15, 0.2) is 12.3 Å². The molecule has 1 rings (SSSR count). The zero-order chi connectivity index (χ0) is 15.8. The van der Waals surface area contributed by atoms with E-state index in [0.717, 1.165) is 39.1 Å². The van der Waals surface area contributed by atoms with E-state index in [4.69, 9.17) is 16.7 Å². The molecule has 0 aliphatic rings. The van der Waals surface area contributed by atoms with Crippen molar-refractivity contribution in [2.45, 2.75) is 27.2 Å². The molecule has 0 unspecified atom stereocenters. The van der Waals surface area contributed by atoms with Crippen molar-refractivity contribution in [3.63, 3.8) is 0 Å². The van der Waals surface area contributed by atoms with Crippen molar-refractivity contribution in [1.29, 1.82) is 0 Å². The van der Waals surface area contributed by atoms with E-state index in [1.807, 2.05) is 6.92 Å². The molecule has 0 aliphatic carbocycles. The van der Waals surface area contributed by atoms with Gasteiger partial charge in [-0.05, 0) is 39.0 Å². The van der Waals surface area contributed by atoms with E-state index < -0.39 is 5.97 Å². The Bertz CT molecular complexity index is 464. The molecule has 1 N–H and O–H groups in total. The van der Waals surface area contributed by atoms with Gasteiger partial charge >= 0.3 is 5.97 Å². The maximum Gasteiger partial charge on any atom is 0.337 e. The highest BCUT2D eigenvalue weighted by molar-refractivity contribution is 6.33. The highest BCUT2D eigenvalue weighted by Crippen LogP contribution is 2.20. The van der Waals surface area contributed by atoms with E-state index in [9.17, 15) is 4.79 Å². The number of halogens is 1. The van der Waals surface area contributed by atoms with E-state index in [1.165, 1.54) is 6.20 Å². The van der Waals surface area contributed by atoms with E-state index >= 15 is 0 Å². The summed E-state index contributed by atoms with van der Waals surface area (Å²) in [5.41, 5.74) is 0.101. The Labute approximate surface area is 131 Å². The summed E-state index contributed by atoms with van der Waals surface area (Å²) in [6.07, 6.45) is 2.43. The number of carboxylic acid groups (broad SMARTS) is 1. The molecule has 118 valence electrons. The fraction of sp³-hybridized carbons (Fsp3) is 0.600. The Kier molecular flexibility index (Phi) is 7.47. The van der Waals surface area contributed by atoms with Crippen LogP contribution >= 0.6 is 11.6 Å². The molecule has 0 radical (unpaired) electrons. The molecular weight excluding hydrogens is 290 g/mol. The lowest BCUT2D eigenvalue weighted by Crippen LogP contribution is -2.30. The van der Waals surface area contributed by atoms with Crippen LogP contribution in [0.1, 0.15) is 37.6 Å². The Morgan fingerprint density at radius 3 is 2.43 bits per heavy atom. The number of carboxylic acids is 1. The van der Waals surface area contributed by atoms with Gasteiger partial charge in [0, 0.05) is 19.3 Å². The van der Waals surface area contributed by atoms with Gasteiger partial charge in [0.15, 0.2) is 0 Å². The Morgan fingerprint density at radius 1 is 1.24 bits per heavy atom. The van der Waals surface area contributed by atoms with Gasteiger partial charge in [-0.3, -0.25) is 0 Å². The predicted molar refractivity (Wildman–Crippen MR) is 86.5 cm³/mol. The number of rotatable bonds is 9. The second-order valence-corrected chi connectivity index (χ2v) is 5.19. The molecule has 0 fully saturated rings. The number of hydrogen-bond acceptors (Lipinski definition) is 4. The number of nitrogens with zero attached hydrogens (tertiary/aromatic N) is 3. The summed E-state index contributed by atoms with van der Waals surface area (Å²) in [6, 6.07) is 1.55. The molecule has 0 saturated carbocycles. The minimum absolute atomic E-state index is 0.101. The first kappa shape index (κ1) is 17.7. The lowest BCUT2D eigenvalue weighted by Gasteiger charge is -2.24. The van der Waals surface area contributed by atoms with Crippen LogP contribution in [0.5, 0.6) is 0 Å². The summed E-state index contributed by atoms with van der Waals surface area (Å²) in [6.45, 7) is 11.1. The van der Waals surface area contributed by atoms with E-state index in [2.05, 4.69) is 28.6 Å². The van der Waals surface area contributed by atoms with E-state index in [1.54, 1.807) is 6.07 Å². The number of anilines is 1. The summed E-state index contributed by atoms with van der Waals surface area (Å²) >= 11 is 5.85. The summed E-state index contributed by atoms with van der Waals surface area (Å²) in [5, 5.41) is 9.29. The summed E-state index contributed by atoms with van der Waals surface area (Å²) < 4.78 is 0. The molecule has 0 atom stereocenters. The first-order chi connectivity index (χ1) is 10.0. The minimum atomic E-state index is -1.03. The van der Waals surface area contributed by atoms with Crippen LogP contribution in [0, 0.1) is 0 Å². The van der Waals surface area contributed by atoms with Gasteiger partial charge in [-0.25, -0.2) is 9.78 Å². The largest absolute Gasteiger partial charge is 0.478 e. The second-order valence-electron chi connectivity index (χ2n) is 4.79. The molecule has 0 aromatic carbocycles. The fourth-order valence-corrected chi connectivity index (χ4v) is 2.41. The normalized spacial score (nSPS) is 10.9. The van der Waals surface area contributed by atoms with Gasteiger partial charge in [-0.1, -0.05) is 25.4 Å². The van der Waals surface area contributed by atoms with Crippen LogP contribution in [-0.4, -0.2) is 53.7 Å². The fourth-order valence-electron chi connectivity index (χ4n) is 2.22. The molecule has 0 spiro atoms. The van der Waals surface area contributed by atoms with Crippen molar-refractivity contribution in [2.24, 2.45) is 0 Å². The van der Waals surface area contributed by atoms with Crippen molar-refractivity contribution >= 4 is 23.4 Å². The SMILES string of the molecule is CCN(CC)CCCN(CC)c1cc(C(=O)O)c(Cl)cn1. The van der Waals surface area contributed by atoms with Gasteiger partial charge in [0.05, 0.1) is 10.6 Å². The number of aromatic carboxylic acids is 1. The molecule has 0 aliphatic heterocycles. The third-order valence-corrected chi connectivity index (χ3v) is 3.88. The van der Waals surface area contributed by atoms with Crippen LogP contribution in [0.25, 0.3) is 0 Å². The smallest absolute Gasteiger partial charge is 0.337 e. The zero-order valence-corrected chi connectivity index (χ0v) is 13.7.